The second-order valence-corrected chi connectivity index (χ2v) is 5.26. The zero-order valence-corrected chi connectivity index (χ0v) is 12.4. The van der Waals surface area contributed by atoms with Gasteiger partial charge in [-0.1, -0.05) is 23.4 Å². The Balaban J connectivity index is 1.94. The summed E-state index contributed by atoms with van der Waals surface area (Å²) in [6.45, 7) is 1.06. The molecule has 1 amide bonds. The van der Waals surface area contributed by atoms with Crippen molar-refractivity contribution >= 4 is 17.5 Å². The number of hydrogen-bond donors (Lipinski definition) is 2. The predicted molar refractivity (Wildman–Crippen MR) is 81.3 cm³/mol. The minimum absolute atomic E-state index is 0.105. The molecular formula is C16H18ClNO3. The molecule has 1 aromatic carbocycles. The third kappa shape index (κ3) is 4.75. The van der Waals surface area contributed by atoms with Crippen molar-refractivity contribution < 1.29 is 14.6 Å². The fourth-order valence-corrected chi connectivity index (χ4v) is 2.40. The summed E-state index contributed by atoms with van der Waals surface area (Å²) in [6, 6.07) is 4.93. The number of amides is 1. The smallest absolute Gasteiger partial charge is 0.251 e. The van der Waals surface area contributed by atoms with Crippen LogP contribution in [0.15, 0.2) is 18.2 Å². The number of carbonyl (C=O) groups is 1. The van der Waals surface area contributed by atoms with E-state index in [0.29, 0.717) is 22.7 Å². The van der Waals surface area contributed by atoms with Gasteiger partial charge in [-0.05, 0) is 37.5 Å². The second-order valence-electron chi connectivity index (χ2n) is 4.85. The summed E-state index contributed by atoms with van der Waals surface area (Å²) in [5, 5.41) is 11.9. The fraction of sp³-hybridized carbons (Fsp3) is 0.438. The van der Waals surface area contributed by atoms with Gasteiger partial charge in [-0.25, -0.2) is 0 Å². The van der Waals surface area contributed by atoms with Crippen LogP contribution in [-0.4, -0.2) is 36.9 Å². The molecule has 0 spiro atoms. The summed E-state index contributed by atoms with van der Waals surface area (Å²) in [4.78, 5) is 12.1. The van der Waals surface area contributed by atoms with Gasteiger partial charge in [0.05, 0.1) is 11.1 Å². The van der Waals surface area contributed by atoms with Crippen LogP contribution >= 0.6 is 11.6 Å². The molecule has 112 valence electrons. The number of hydrogen-bond acceptors (Lipinski definition) is 3. The standard InChI is InChI=1S/C16H18ClNO3/c17-15-10-13(7-6-12(15)4-3-8-19)16(20)18-11-14-5-1-2-9-21-14/h6-7,10,14,19H,1-2,5,8-9,11H2,(H,18,20). The van der Waals surface area contributed by atoms with Crippen LogP contribution in [0.5, 0.6) is 0 Å². The third-order valence-corrected chi connectivity index (χ3v) is 3.61. The van der Waals surface area contributed by atoms with E-state index >= 15 is 0 Å². The SMILES string of the molecule is O=C(NCC1CCCCO1)c1ccc(C#CCO)c(Cl)c1. The second kappa shape index (κ2) is 8.04. The van der Waals surface area contributed by atoms with Crippen LogP contribution in [0.4, 0.5) is 0 Å². The summed E-state index contributed by atoms with van der Waals surface area (Å²) in [7, 11) is 0. The molecule has 1 unspecified atom stereocenters. The molecule has 0 radical (unpaired) electrons. The van der Waals surface area contributed by atoms with Gasteiger partial charge in [0, 0.05) is 24.3 Å². The van der Waals surface area contributed by atoms with E-state index in [2.05, 4.69) is 17.2 Å². The molecule has 0 bridgehead atoms. The van der Waals surface area contributed by atoms with E-state index in [4.69, 9.17) is 21.4 Å². The number of rotatable bonds is 3. The molecule has 0 aliphatic carbocycles. The van der Waals surface area contributed by atoms with Gasteiger partial charge in [-0.3, -0.25) is 4.79 Å². The topological polar surface area (TPSA) is 58.6 Å². The number of aliphatic hydroxyl groups excluding tert-OH is 1. The van der Waals surface area contributed by atoms with Gasteiger partial charge in [-0.15, -0.1) is 0 Å². The molecule has 1 fully saturated rings. The Kier molecular flexibility index (Phi) is 6.06. The molecule has 0 aromatic heterocycles. The predicted octanol–water partition coefficient (Wildman–Crippen LogP) is 1.98. The van der Waals surface area contributed by atoms with Gasteiger partial charge in [-0.2, -0.15) is 0 Å². The van der Waals surface area contributed by atoms with Crippen molar-refractivity contribution in [3.8, 4) is 11.8 Å². The quantitative estimate of drug-likeness (QED) is 0.840. The van der Waals surface area contributed by atoms with Crippen LogP contribution in [0.3, 0.4) is 0 Å². The molecule has 2 rings (SSSR count). The zero-order valence-electron chi connectivity index (χ0n) is 11.7. The lowest BCUT2D eigenvalue weighted by Crippen LogP contribution is -2.35. The highest BCUT2D eigenvalue weighted by Gasteiger charge is 2.15. The van der Waals surface area contributed by atoms with Gasteiger partial charge in [0.25, 0.3) is 5.91 Å². The first-order valence-corrected chi connectivity index (χ1v) is 7.37. The Morgan fingerprint density at radius 3 is 3.00 bits per heavy atom. The van der Waals surface area contributed by atoms with Crippen LogP contribution in [0, 0.1) is 11.8 Å². The van der Waals surface area contributed by atoms with E-state index in [9.17, 15) is 4.79 Å². The van der Waals surface area contributed by atoms with E-state index in [1.54, 1.807) is 18.2 Å². The monoisotopic (exact) mass is 307 g/mol. The largest absolute Gasteiger partial charge is 0.384 e. The molecule has 1 aliphatic heterocycles. The van der Waals surface area contributed by atoms with Crippen LogP contribution in [0.25, 0.3) is 0 Å². The van der Waals surface area contributed by atoms with Crippen LogP contribution in [-0.2, 0) is 4.74 Å². The van der Waals surface area contributed by atoms with Crippen molar-refractivity contribution in [3.63, 3.8) is 0 Å². The highest BCUT2D eigenvalue weighted by Crippen LogP contribution is 2.17. The van der Waals surface area contributed by atoms with Crippen molar-refractivity contribution in [1.82, 2.24) is 5.32 Å². The minimum atomic E-state index is -0.222. The first kappa shape index (κ1) is 15.8. The first-order valence-electron chi connectivity index (χ1n) is 7.00. The van der Waals surface area contributed by atoms with E-state index in [-0.39, 0.29) is 18.6 Å². The fourth-order valence-electron chi connectivity index (χ4n) is 2.17. The first-order chi connectivity index (χ1) is 10.2. The zero-order chi connectivity index (χ0) is 15.1. The number of aliphatic hydroxyl groups is 1. The Bertz CT molecular complexity index is 556. The van der Waals surface area contributed by atoms with Crippen molar-refractivity contribution in [1.29, 1.82) is 0 Å². The summed E-state index contributed by atoms with van der Waals surface area (Å²) in [6.07, 6.45) is 3.32. The van der Waals surface area contributed by atoms with Crippen LogP contribution < -0.4 is 5.32 Å². The number of nitrogens with one attached hydrogen (secondary N) is 1. The highest BCUT2D eigenvalue weighted by molar-refractivity contribution is 6.32. The third-order valence-electron chi connectivity index (χ3n) is 3.30. The molecular weight excluding hydrogens is 290 g/mol. The van der Waals surface area contributed by atoms with Gasteiger partial charge in [0.2, 0.25) is 0 Å². The number of ether oxygens (including phenoxy) is 1. The van der Waals surface area contributed by atoms with Gasteiger partial charge >= 0.3 is 0 Å². The Morgan fingerprint density at radius 1 is 1.48 bits per heavy atom. The Labute approximate surface area is 129 Å². The van der Waals surface area contributed by atoms with Gasteiger partial charge < -0.3 is 15.2 Å². The molecule has 1 saturated heterocycles. The van der Waals surface area contributed by atoms with E-state index in [1.165, 1.54) is 0 Å². The number of carbonyl (C=O) groups excluding carboxylic acids is 1. The molecule has 1 heterocycles. The van der Waals surface area contributed by atoms with Gasteiger partial charge in [0.15, 0.2) is 0 Å². The van der Waals surface area contributed by atoms with E-state index in [0.717, 1.165) is 25.9 Å². The van der Waals surface area contributed by atoms with E-state index in [1.807, 2.05) is 0 Å². The number of benzene rings is 1. The lowest BCUT2D eigenvalue weighted by molar-refractivity contribution is 0.0169. The van der Waals surface area contributed by atoms with Crippen molar-refractivity contribution in [2.45, 2.75) is 25.4 Å². The molecule has 5 heteroatoms. The molecule has 1 atom stereocenters. The van der Waals surface area contributed by atoms with Crippen molar-refractivity contribution in [2.24, 2.45) is 0 Å². The van der Waals surface area contributed by atoms with Crippen molar-refractivity contribution in [3.05, 3.63) is 34.3 Å². The summed E-state index contributed by atoms with van der Waals surface area (Å²) >= 11 is 6.07. The maximum absolute atomic E-state index is 12.1. The van der Waals surface area contributed by atoms with Crippen molar-refractivity contribution in [2.75, 3.05) is 19.8 Å². The summed E-state index contributed by atoms with van der Waals surface area (Å²) in [5.74, 6) is 5.08. The molecule has 21 heavy (non-hydrogen) atoms. The maximum Gasteiger partial charge on any atom is 0.251 e. The van der Waals surface area contributed by atoms with Crippen LogP contribution in [0.1, 0.15) is 35.2 Å². The van der Waals surface area contributed by atoms with Crippen LogP contribution in [0.2, 0.25) is 5.02 Å². The molecule has 4 nitrogen and oxygen atoms in total. The average molecular weight is 308 g/mol. The Morgan fingerprint density at radius 2 is 2.33 bits per heavy atom. The normalized spacial score (nSPS) is 17.7. The lowest BCUT2D eigenvalue weighted by atomic mass is 10.1. The molecule has 0 saturated carbocycles. The number of halogens is 1. The molecule has 2 N–H and O–H groups in total. The molecule has 1 aliphatic rings. The maximum atomic E-state index is 12.1. The average Bonchev–Trinajstić information content (AvgIpc) is 2.52. The minimum Gasteiger partial charge on any atom is -0.384 e. The molecule has 1 aromatic rings. The van der Waals surface area contributed by atoms with Gasteiger partial charge in [0.1, 0.15) is 6.61 Å². The Hall–Kier alpha value is -1.54. The highest BCUT2D eigenvalue weighted by atomic mass is 35.5. The summed E-state index contributed by atoms with van der Waals surface area (Å²) in [5.41, 5.74) is 1.09. The summed E-state index contributed by atoms with van der Waals surface area (Å²) < 4.78 is 5.57. The van der Waals surface area contributed by atoms with E-state index < -0.39 is 0 Å². The lowest BCUT2D eigenvalue weighted by Gasteiger charge is -2.22.